The number of carbonyl (C=O) groups excluding carboxylic acids is 1. The van der Waals surface area contributed by atoms with Crippen LogP contribution in [-0.2, 0) is 22.5 Å². The van der Waals surface area contributed by atoms with E-state index in [0.717, 1.165) is 80.3 Å². The lowest BCUT2D eigenvalue weighted by atomic mass is 9.92. The molecule has 7 nitrogen and oxygen atoms in total. The maximum absolute atomic E-state index is 12.1. The Labute approximate surface area is 227 Å². The minimum Gasteiger partial charge on any atom is -0.497 e. The average molecular weight is 519 g/mol. The maximum Gasteiger partial charge on any atom is 0.306 e. The number of aromatic nitrogens is 3. The van der Waals surface area contributed by atoms with Crippen LogP contribution in [0.1, 0.15) is 80.9 Å². The van der Waals surface area contributed by atoms with E-state index in [0.29, 0.717) is 13.0 Å². The fourth-order valence-electron chi connectivity index (χ4n) is 4.56. The van der Waals surface area contributed by atoms with Crippen molar-refractivity contribution in [3.05, 3.63) is 77.5 Å². The summed E-state index contributed by atoms with van der Waals surface area (Å²) in [6, 6.07) is 14.5. The van der Waals surface area contributed by atoms with Crippen LogP contribution in [-0.4, -0.2) is 41.2 Å². The van der Waals surface area contributed by atoms with Crippen molar-refractivity contribution in [1.29, 1.82) is 0 Å². The summed E-state index contributed by atoms with van der Waals surface area (Å²) in [6.45, 7) is 7.98. The molecule has 0 aliphatic rings. The van der Waals surface area contributed by atoms with Gasteiger partial charge in [-0.05, 0) is 81.3 Å². The van der Waals surface area contributed by atoms with Gasteiger partial charge in [0.25, 0.3) is 0 Å². The molecule has 0 amide bonds. The zero-order valence-electron chi connectivity index (χ0n) is 23.4. The summed E-state index contributed by atoms with van der Waals surface area (Å²) in [6.07, 6.45) is 10.4. The Kier molecular flexibility index (Phi) is 12.0. The van der Waals surface area contributed by atoms with Gasteiger partial charge in [0.05, 0.1) is 20.1 Å². The molecule has 204 valence electrons. The van der Waals surface area contributed by atoms with Gasteiger partial charge in [0.15, 0.2) is 0 Å². The molecule has 2 aromatic heterocycles. The van der Waals surface area contributed by atoms with Crippen LogP contribution in [0.25, 0.3) is 0 Å². The second-order valence-corrected chi connectivity index (χ2v) is 9.57. The minimum absolute atomic E-state index is 0.0960. The van der Waals surface area contributed by atoms with E-state index in [-0.39, 0.29) is 11.9 Å². The highest BCUT2D eigenvalue weighted by Crippen LogP contribution is 2.26. The number of pyridine rings is 1. The normalized spacial score (nSPS) is 11.7. The molecule has 2 heterocycles. The number of carbonyl (C=O) groups is 1. The lowest BCUT2D eigenvalue weighted by Crippen LogP contribution is -2.23. The van der Waals surface area contributed by atoms with Gasteiger partial charge in [-0.1, -0.05) is 37.5 Å². The second-order valence-electron chi connectivity index (χ2n) is 9.57. The summed E-state index contributed by atoms with van der Waals surface area (Å²) >= 11 is 0. The van der Waals surface area contributed by atoms with Crippen molar-refractivity contribution in [1.82, 2.24) is 15.0 Å². The Bertz CT molecular complexity index is 1100. The van der Waals surface area contributed by atoms with Crippen molar-refractivity contribution in [3.63, 3.8) is 0 Å². The molecule has 0 fully saturated rings. The van der Waals surface area contributed by atoms with E-state index in [1.807, 2.05) is 38.4 Å². The number of hydrogen-bond acceptors (Lipinski definition) is 7. The van der Waals surface area contributed by atoms with Crippen molar-refractivity contribution in [2.45, 2.75) is 78.2 Å². The molecule has 3 rings (SSSR count). The van der Waals surface area contributed by atoms with Gasteiger partial charge in [-0.15, -0.1) is 0 Å². The van der Waals surface area contributed by atoms with Crippen LogP contribution in [0.15, 0.2) is 54.9 Å². The molecule has 0 saturated carbocycles. The summed E-state index contributed by atoms with van der Waals surface area (Å²) < 4.78 is 10.5. The summed E-state index contributed by atoms with van der Waals surface area (Å²) in [5, 5.41) is 0. The fraction of sp³-hybridized carbons (Fsp3) is 0.484. The Morgan fingerprint density at radius 2 is 1.71 bits per heavy atom. The lowest BCUT2D eigenvalue weighted by molar-refractivity contribution is -0.143. The molecule has 0 aliphatic heterocycles. The smallest absolute Gasteiger partial charge is 0.306 e. The van der Waals surface area contributed by atoms with Gasteiger partial charge in [0.2, 0.25) is 0 Å². The highest BCUT2D eigenvalue weighted by Gasteiger charge is 2.17. The van der Waals surface area contributed by atoms with Crippen molar-refractivity contribution in [2.75, 3.05) is 25.2 Å². The first-order valence-electron chi connectivity index (χ1n) is 13.8. The first kappa shape index (κ1) is 29.1. The van der Waals surface area contributed by atoms with Crippen LogP contribution >= 0.6 is 0 Å². The predicted octanol–water partition coefficient (Wildman–Crippen LogP) is 6.45. The van der Waals surface area contributed by atoms with E-state index >= 15 is 0 Å². The minimum atomic E-state index is -0.155. The average Bonchev–Trinajstić information content (AvgIpc) is 2.94. The van der Waals surface area contributed by atoms with Crippen molar-refractivity contribution in [2.24, 2.45) is 0 Å². The summed E-state index contributed by atoms with van der Waals surface area (Å²) in [4.78, 5) is 28.0. The first-order chi connectivity index (χ1) is 18.5. The number of benzene rings is 1. The SMILES string of the molecule is CCOC(=O)C[C@H](CCCCCCc1cccc(N(CC)Cc2ccc(OC)cc2)n1)c1cnc(C)nc1. The van der Waals surface area contributed by atoms with Gasteiger partial charge in [-0.3, -0.25) is 4.79 Å². The standard InChI is InChI=1S/C31H42N4O3/c1-5-35(23-25-16-18-29(37-4)19-17-25)30-15-11-14-28(34-30)13-10-8-7-9-12-26(20-31(36)38-6-2)27-21-32-24(3)33-22-27/h11,14-19,21-22,26H,5-10,12-13,20,23H2,1-4H3/t26-/m0/s1. The van der Waals surface area contributed by atoms with Crippen LogP contribution in [0.4, 0.5) is 5.82 Å². The highest BCUT2D eigenvalue weighted by molar-refractivity contribution is 5.70. The monoisotopic (exact) mass is 518 g/mol. The van der Waals surface area contributed by atoms with Gasteiger partial charge in [-0.25, -0.2) is 15.0 Å². The molecule has 3 aromatic rings. The third-order valence-corrected chi connectivity index (χ3v) is 6.76. The number of methoxy groups -OCH3 is 1. The van der Waals surface area contributed by atoms with Crippen molar-refractivity contribution < 1.29 is 14.3 Å². The van der Waals surface area contributed by atoms with Crippen molar-refractivity contribution >= 4 is 11.8 Å². The van der Waals surface area contributed by atoms with E-state index in [4.69, 9.17) is 14.5 Å². The molecule has 1 aromatic carbocycles. The zero-order valence-corrected chi connectivity index (χ0v) is 23.4. The number of esters is 1. The summed E-state index contributed by atoms with van der Waals surface area (Å²) in [7, 11) is 1.69. The second kappa shape index (κ2) is 15.7. The number of rotatable bonds is 16. The maximum atomic E-state index is 12.1. The molecule has 0 aliphatic carbocycles. The molecule has 0 spiro atoms. The number of aryl methyl sites for hydroxylation is 2. The van der Waals surface area contributed by atoms with Gasteiger partial charge in [0.1, 0.15) is 17.4 Å². The van der Waals surface area contributed by atoms with Crippen molar-refractivity contribution in [3.8, 4) is 5.75 Å². The van der Waals surface area contributed by atoms with Gasteiger partial charge in [-0.2, -0.15) is 0 Å². The quantitative estimate of drug-likeness (QED) is 0.159. The topological polar surface area (TPSA) is 77.4 Å². The predicted molar refractivity (Wildman–Crippen MR) is 152 cm³/mol. The third-order valence-electron chi connectivity index (χ3n) is 6.76. The molecule has 7 heteroatoms. The Hall–Kier alpha value is -3.48. The fourth-order valence-corrected chi connectivity index (χ4v) is 4.56. The molecular weight excluding hydrogens is 476 g/mol. The molecule has 0 radical (unpaired) electrons. The number of anilines is 1. The van der Waals surface area contributed by atoms with Crippen LogP contribution in [0.3, 0.4) is 0 Å². The first-order valence-corrected chi connectivity index (χ1v) is 13.8. The van der Waals surface area contributed by atoms with Crippen LogP contribution in [0.5, 0.6) is 5.75 Å². The van der Waals surface area contributed by atoms with E-state index in [1.165, 1.54) is 5.56 Å². The van der Waals surface area contributed by atoms with Gasteiger partial charge >= 0.3 is 5.97 Å². The largest absolute Gasteiger partial charge is 0.497 e. The molecular formula is C31H42N4O3. The van der Waals surface area contributed by atoms with Gasteiger partial charge < -0.3 is 14.4 Å². The molecule has 0 saturated heterocycles. The molecule has 38 heavy (non-hydrogen) atoms. The van der Waals surface area contributed by atoms with Crippen LogP contribution in [0, 0.1) is 6.92 Å². The Morgan fingerprint density at radius 3 is 2.39 bits per heavy atom. The number of unbranched alkanes of at least 4 members (excludes halogenated alkanes) is 3. The van der Waals surface area contributed by atoms with E-state index in [2.05, 4.69) is 52.1 Å². The van der Waals surface area contributed by atoms with Gasteiger partial charge in [0, 0.05) is 31.2 Å². The zero-order chi connectivity index (χ0) is 27.2. The lowest BCUT2D eigenvalue weighted by Gasteiger charge is -2.22. The van der Waals surface area contributed by atoms with Crippen LogP contribution < -0.4 is 9.64 Å². The number of ether oxygens (including phenoxy) is 2. The summed E-state index contributed by atoms with van der Waals surface area (Å²) in [5.74, 6) is 2.57. The van der Waals surface area contributed by atoms with Crippen LogP contribution in [0.2, 0.25) is 0 Å². The Balaban J connectivity index is 1.46. The van der Waals surface area contributed by atoms with E-state index in [9.17, 15) is 4.79 Å². The number of hydrogen-bond donors (Lipinski definition) is 0. The van der Waals surface area contributed by atoms with E-state index in [1.54, 1.807) is 7.11 Å². The molecule has 0 unspecified atom stereocenters. The highest BCUT2D eigenvalue weighted by atomic mass is 16.5. The summed E-state index contributed by atoms with van der Waals surface area (Å²) in [5.41, 5.74) is 3.38. The molecule has 0 N–H and O–H groups in total. The van der Waals surface area contributed by atoms with E-state index < -0.39 is 0 Å². The number of nitrogens with zero attached hydrogens (tertiary/aromatic N) is 4. The third kappa shape index (κ3) is 9.43. The molecule has 1 atom stereocenters. The Morgan fingerprint density at radius 1 is 0.974 bits per heavy atom. The molecule has 0 bridgehead atoms.